The summed E-state index contributed by atoms with van der Waals surface area (Å²) in [5.74, 6) is -0.603. The molecule has 0 atom stereocenters. The Labute approximate surface area is 135 Å². The molecule has 3 rings (SSSR count). The summed E-state index contributed by atoms with van der Waals surface area (Å²) >= 11 is 1.02. The molecule has 0 radical (unpaired) electrons. The number of urea groups is 1. The number of aromatic nitrogens is 1. The van der Waals surface area contributed by atoms with Crippen LogP contribution in [0.5, 0.6) is 0 Å². The lowest BCUT2D eigenvalue weighted by Crippen LogP contribution is -2.45. The number of benzene rings is 1. The maximum atomic E-state index is 13.2. The van der Waals surface area contributed by atoms with Crippen LogP contribution in [-0.2, 0) is 0 Å². The molecule has 1 aromatic heterocycles. The minimum absolute atomic E-state index is 0.0480. The Bertz CT molecular complexity index is 743. The Balaban J connectivity index is 1.47. The number of primary amides is 1. The topological polar surface area (TPSA) is 97.1 Å². The predicted octanol–water partition coefficient (Wildman–Crippen LogP) is 2.45. The summed E-state index contributed by atoms with van der Waals surface area (Å²) in [5.41, 5.74) is 6.06. The third-order valence-corrected chi connectivity index (χ3v) is 4.67. The van der Waals surface area contributed by atoms with Crippen molar-refractivity contribution >= 4 is 28.3 Å². The van der Waals surface area contributed by atoms with Gasteiger partial charge in [0.25, 0.3) is 5.91 Å². The van der Waals surface area contributed by atoms with Gasteiger partial charge < -0.3 is 11.1 Å². The van der Waals surface area contributed by atoms with Crippen LogP contribution in [0.15, 0.2) is 30.5 Å². The van der Waals surface area contributed by atoms with Crippen molar-refractivity contribution in [2.45, 2.75) is 24.8 Å². The van der Waals surface area contributed by atoms with E-state index in [9.17, 15) is 14.0 Å². The first kappa shape index (κ1) is 15.4. The van der Waals surface area contributed by atoms with Crippen molar-refractivity contribution < 1.29 is 14.0 Å². The summed E-state index contributed by atoms with van der Waals surface area (Å²) in [6.07, 6.45) is 2.93. The average molecular weight is 334 g/mol. The van der Waals surface area contributed by atoms with E-state index >= 15 is 0 Å². The first-order valence-corrected chi connectivity index (χ1v) is 7.91. The molecule has 6 nitrogen and oxygen atoms in total. The zero-order valence-corrected chi connectivity index (χ0v) is 12.9. The number of hydrogen-bond donors (Lipinski definition) is 3. The van der Waals surface area contributed by atoms with Gasteiger partial charge in [0.15, 0.2) is 5.01 Å². The number of nitrogens with zero attached hydrogens (tertiary/aromatic N) is 1. The molecule has 2 aromatic rings. The van der Waals surface area contributed by atoms with Crippen LogP contribution in [0.3, 0.4) is 0 Å². The van der Waals surface area contributed by atoms with Crippen LogP contribution in [0.25, 0.3) is 0 Å². The van der Waals surface area contributed by atoms with Gasteiger partial charge in [-0.05, 0) is 36.5 Å². The number of halogens is 1. The van der Waals surface area contributed by atoms with Gasteiger partial charge in [-0.1, -0.05) is 23.5 Å². The van der Waals surface area contributed by atoms with E-state index in [0.29, 0.717) is 5.00 Å². The summed E-state index contributed by atoms with van der Waals surface area (Å²) in [5, 5.41) is 6.06. The summed E-state index contributed by atoms with van der Waals surface area (Å²) in [4.78, 5) is 26.6. The number of carbonyl (C=O) groups is 2. The first-order chi connectivity index (χ1) is 11.0. The van der Waals surface area contributed by atoms with E-state index < -0.39 is 5.91 Å². The van der Waals surface area contributed by atoms with Gasteiger partial charge in [0, 0.05) is 6.04 Å². The van der Waals surface area contributed by atoms with Gasteiger partial charge in [-0.2, -0.15) is 0 Å². The molecule has 1 saturated carbocycles. The van der Waals surface area contributed by atoms with Gasteiger partial charge in [0.2, 0.25) is 0 Å². The first-order valence-electron chi connectivity index (χ1n) is 7.10. The highest BCUT2D eigenvalue weighted by Gasteiger charge is 2.31. The van der Waals surface area contributed by atoms with Crippen LogP contribution in [0, 0.1) is 5.82 Å². The lowest BCUT2D eigenvalue weighted by molar-refractivity contribution is 0.1000. The maximum absolute atomic E-state index is 13.2. The summed E-state index contributed by atoms with van der Waals surface area (Å²) < 4.78 is 13.2. The third kappa shape index (κ3) is 3.65. The van der Waals surface area contributed by atoms with Gasteiger partial charge in [0.05, 0.1) is 6.20 Å². The van der Waals surface area contributed by atoms with Crippen LogP contribution >= 0.6 is 11.3 Å². The smallest absolute Gasteiger partial charge is 0.320 e. The van der Waals surface area contributed by atoms with E-state index in [1.165, 1.54) is 18.3 Å². The number of anilines is 1. The molecule has 1 fully saturated rings. The molecular weight excluding hydrogens is 319 g/mol. The summed E-state index contributed by atoms with van der Waals surface area (Å²) in [7, 11) is 0. The molecule has 0 bridgehead atoms. The predicted molar refractivity (Wildman–Crippen MR) is 84.9 cm³/mol. The molecule has 8 heteroatoms. The van der Waals surface area contributed by atoms with E-state index in [-0.39, 0.29) is 28.8 Å². The van der Waals surface area contributed by atoms with Crippen LogP contribution in [0.1, 0.15) is 34.1 Å². The van der Waals surface area contributed by atoms with E-state index in [2.05, 4.69) is 15.6 Å². The second kappa shape index (κ2) is 6.33. The minimum atomic E-state index is -0.625. The Morgan fingerprint density at radius 1 is 1.35 bits per heavy atom. The zero-order valence-electron chi connectivity index (χ0n) is 12.1. The monoisotopic (exact) mass is 334 g/mol. The van der Waals surface area contributed by atoms with Crippen LogP contribution < -0.4 is 16.4 Å². The SMILES string of the molecule is NC(=O)c1ncc(NC(=O)NC2CC(c3cccc(F)c3)C2)s1. The van der Waals surface area contributed by atoms with Gasteiger partial charge in [0.1, 0.15) is 10.8 Å². The highest BCUT2D eigenvalue weighted by atomic mass is 32.1. The van der Waals surface area contributed by atoms with Gasteiger partial charge in [-0.15, -0.1) is 0 Å². The van der Waals surface area contributed by atoms with E-state index in [1.54, 1.807) is 6.07 Å². The summed E-state index contributed by atoms with van der Waals surface area (Å²) in [6, 6.07) is 6.23. The van der Waals surface area contributed by atoms with Crippen molar-refractivity contribution in [2.75, 3.05) is 5.32 Å². The number of carbonyl (C=O) groups excluding carboxylic acids is 2. The fourth-order valence-electron chi connectivity index (χ4n) is 2.55. The molecule has 3 amide bonds. The van der Waals surface area contributed by atoms with Crippen molar-refractivity contribution in [2.24, 2.45) is 5.73 Å². The van der Waals surface area contributed by atoms with Crippen molar-refractivity contribution in [1.82, 2.24) is 10.3 Å². The molecular formula is C15H15FN4O2S. The number of hydrogen-bond acceptors (Lipinski definition) is 4. The lowest BCUT2D eigenvalue weighted by atomic mass is 9.76. The van der Waals surface area contributed by atoms with Crippen LogP contribution in [-0.4, -0.2) is 23.0 Å². The third-order valence-electron chi connectivity index (χ3n) is 3.75. The van der Waals surface area contributed by atoms with Crippen molar-refractivity contribution in [3.8, 4) is 0 Å². The fraction of sp³-hybridized carbons (Fsp3) is 0.267. The number of nitrogens with two attached hydrogens (primary N) is 1. The molecule has 23 heavy (non-hydrogen) atoms. The number of rotatable bonds is 4. The van der Waals surface area contributed by atoms with Crippen molar-refractivity contribution in [3.63, 3.8) is 0 Å². The largest absolute Gasteiger partial charge is 0.364 e. The normalized spacial score (nSPS) is 19.7. The standard InChI is InChI=1S/C15H15FN4O2S/c16-10-3-1-2-8(4-10)9-5-11(6-9)19-15(22)20-12-7-18-14(23-12)13(17)21/h1-4,7,9,11H,5-6H2,(H2,17,21)(H2,19,20,22). The van der Waals surface area contributed by atoms with Gasteiger partial charge >= 0.3 is 6.03 Å². The second-order valence-corrected chi connectivity index (χ2v) is 6.44. The Hall–Kier alpha value is -2.48. The highest BCUT2D eigenvalue weighted by Crippen LogP contribution is 2.37. The van der Waals surface area contributed by atoms with Crippen molar-refractivity contribution in [3.05, 3.63) is 46.9 Å². The van der Waals surface area contributed by atoms with Crippen LogP contribution in [0.2, 0.25) is 0 Å². The molecule has 0 saturated heterocycles. The number of amides is 3. The molecule has 0 aliphatic heterocycles. The van der Waals surface area contributed by atoms with Crippen LogP contribution in [0.4, 0.5) is 14.2 Å². The average Bonchev–Trinajstić information content (AvgIpc) is 2.91. The Kier molecular flexibility index (Phi) is 4.24. The van der Waals surface area contributed by atoms with Gasteiger partial charge in [-0.3, -0.25) is 10.1 Å². The van der Waals surface area contributed by atoms with E-state index in [1.807, 2.05) is 6.07 Å². The minimum Gasteiger partial charge on any atom is -0.364 e. The Morgan fingerprint density at radius 3 is 2.78 bits per heavy atom. The van der Waals surface area contributed by atoms with Gasteiger partial charge in [-0.25, -0.2) is 14.2 Å². The molecule has 120 valence electrons. The summed E-state index contributed by atoms with van der Waals surface area (Å²) in [6.45, 7) is 0. The molecule has 0 unspecified atom stereocenters. The second-order valence-electron chi connectivity index (χ2n) is 5.41. The van der Waals surface area contributed by atoms with E-state index in [4.69, 9.17) is 5.73 Å². The molecule has 1 aliphatic carbocycles. The fourth-order valence-corrected chi connectivity index (χ4v) is 3.21. The number of nitrogens with one attached hydrogen (secondary N) is 2. The Morgan fingerprint density at radius 2 is 2.13 bits per heavy atom. The highest BCUT2D eigenvalue weighted by molar-refractivity contribution is 7.17. The van der Waals surface area contributed by atoms with E-state index in [0.717, 1.165) is 29.7 Å². The van der Waals surface area contributed by atoms with Crippen molar-refractivity contribution in [1.29, 1.82) is 0 Å². The maximum Gasteiger partial charge on any atom is 0.320 e. The molecule has 1 heterocycles. The number of thiazole rings is 1. The quantitative estimate of drug-likeness (QED) is 0.801. The molecule has 4 N–H and O–H groups in total. The lowest BCUT2D eigenvalue weighted by Gasteiger charge is -2.36. The molecule has 1 aliphatic rings. The zero-order chi connectivity index (χ0) is 16.4. The molecule has 1 aromatic carbocycles. The molecule has 0 spiro atoms.